The van der Waals surface area contributed by atoms with Crippen LogP contribution >= 0.6 is 0 Å². The van der Waals surface area contributed by atoms with Crippen molar-refractivity contribution in [1.82, 2.24) is 4.90 Å². The van der Waals surface area contributed by atoms with Crippen molar-refractivity contribution in [1.29, 1.82) is 0 Å². The highest BCUT2D eigenvalue weighted by Crippen LogP contribution is 2.16. The molecule has 0 unspecified atom stereocenters. The number of rotatable bonds is 7. The number of carbonyl (C=O) groups excluding carboxylic acids is 3. The van der Waals surface area contributed by atoms with Crippen molar-refractivity contribution in [2.45, 2.75) is 19.4 Å². The summed E-state index contributed by atoms with van der Waals surface area (Å²) < 4.78 is 10.2. The summed E-state index contributed by atoms with van der Waals surface area (Å²) in [6.45, 7) is 0.867. The van der Waals surface area contributed by atoms with Gasteiger partial charge in [0.05, 0.1) is 12.7 Å². The van der Waals surface area contributed by atoms with E-state index >= 15 is 0 Å². The molecule has 0 spiro atoms. The molecule has 0 saturated carbocycles. The number of amides is 1. The third-order valence-electron chi connectivity index (χ3n) is 4.43. The lowest BCUT2D eigenvalue weighted by molar-refractivity contribution is -0.128. The molecule has 1 aliphatic rings. The van der Waals surface area contributed by atoms with Gasteiger partial charge in [0.25, 0.3) is 0 Å². The Bertz CT molecular complexity index is 861. The van der Waals surface area contributed by atoms with Gasteiger partial charge in [0, 0.05) is 25.1 Å². The van der Waals surface area contributed by atoms with E-state index in [-0.39, 0.29) is 18.3 Å². The summed E-state index contributed by atoms with van der Waals surface area (Å²) in [5.41, 5.74) is 1.64. The molecule has 27 heavy (non-hydrogen) atoms. The van der Waals surface area contributed by atoms with Crippen LogP contribution < -0.4 is 4.74 Å². The SMILES string of the molecule is COc1cccc(C(=O)COC(=O)c2cccc(CN3CCCC3=O)c2)c1. The number of hydrogen-bond acceptors (Lipinski definition) is 5. The highest BCUT2D eigenvalue weighted by Gasteiger charge is 2.20. The number of hydrogen-bond donors (Lipinski definition) is 0. The summed E-state index contributed by atoms with van der Waals surface area (Å²) in [7, 11) is 1.52. The molecule has 1 aliphatic heterocycles. The average molecular weight is 367 g/mol. The first-order valence-electron chi connectivity index (χ1n) is 8.78. The first-order valence-corrected chi connectivity index (χ1v) is 8.78. The second-order valence-electron chi connectivity index (χ2n) is 6.35. The number of Topliss-reactive ketones (excluding diaryl/α,β-unsaturated/α-hetero) is 1. The van der Waals surface area contributed by atoms with Crippen LogP contribution in [0.3, 0.4) is 0 Å². The molecule has 2 aromatic rings. The number of methoxy groups -OCH3 is 1. The summed E-state index contributed by atoms with van der Waals surface area (Å²) in [5.74, 6) is -0.176. The fraction of sp³-hybridized carbons (Fsp3) is 0.286. The fourth-order valence-corrected chi connectivity index (χ4v) is 2.98. The molecule has 1 fully saturated rings. The Balaban J connectivity index is 1.59. The summed E-state index contributed by atoms with van der Waals surface area (Å²) >= 11 is 0. The largest absolute Gasteiger partial charge is 0.497 e. The molecule has 0 aromatic heterocycles. The Labute approximate surface area is 157 Å². The van der Waals surface area contributed by atoms with Crippen molar-refractivity contribution in [3.05, 3.63) is 65.2 Å². The molecule has 0 atom stereocenters. The van der Waals surface area contributed by atoms with E-state index in [0.717, 1.165) is 18.5 Å². The van der Waals surface area contributed by atoms with E-state index < -0.39 is 5.97 Å². The first kappa shape index (κ1) is 18.6. The number of ether oxygens (including phenoxy) is 2. The molecular weight excluding hydrogens is 346 g/mol. The number of ketones is 1. The molecule has 6 nitrogen and oxygen atoms in total. The zero-order valence-electron chi connectivity index (χ0n) is 15.1. The number of nitrogens with zero attached hydrogens (tertiary/aromatic N) is 1. The van der Waals surface area contributed by atoms with Crippen LogP contribution in [0, 0.1) is 0 Å². The van der Waals surface area contributed by atoms with Crippen molar-refractivity contribution in [2.24, 2.45) is 0 Å². The molecule has 0 N–H and O–H groups in total. The minimum Gasteiger partial charge on any atom is -0.497 e. The Morgan fingerprint density at radius 3 is 2.59 bits per heavy atom. The zero-order chi connectivity index (χ0) is 19.2. The lowest BCUT2D eigenvalue weighted by Crippen LogP contribution is -2.24. The normalized spacial score (nSPS) is 13.5. The van der Waals surface area contributed by atoms with Crippen LogP contribution in [0.2, 0.25) is 0 Å². The van der Waals surface area contributed by atoms with E-state index in [9.17, 15) is 14.4 Å². The van der Waals surface area contributed by atoms with Gasteiger partial charge in [0.15, 0.2) is 12.4 Å². The van der Waals surface area contributed by atoms with Gasteiger partial charge in [-0.2, -0.15) is 0 Å². The van der Waals surface area contributed by atoms with E-state index in [4.69, 9.17) is 9.47 Å². The van der Waals surface area contributed by atoms with Gasteiger partial charge in [0.1, 0.15) is 5.75 Å². The van der Waals surface area contributed by atoms with E-state index in [0.29, 0.717) is 29.8 Å². The van der Waals surface area contributed by atoms with Crippen LogP contribution in [0.5, 0.6) is 5.75 Å². The van der Waals surface area contributed by atoms with Gasteiger partial charge < -0.3 is 14.4 Å². The van der Waals surface area contributed by atoms with Crippen molar-refractivity contribution in [3.8, 4) is 5.75 Å². The highest BCUT2D eigenvalue weighted by molar-refractivity contribution is 5.99. The second kappa shape index (κ2) is 8.49. The molecule has 0 radical (unpaired) electrons. The molecule has 0 aliphatic carbocycles. The summed E-state index contributed by atoms with van der Waals surface area (Å²) in [6, 6.07) is 13.6. The fourth-order valence-electron chi connectivity index (χ4n) is 2.98. The lowest BCUT2D eigenvalue weighted by Gasteiger charge is -2.15. The van der Waals surface area contributed by atoms with Crippen molar-refractivity contribution < 1.29 is 23.9 Å². The highest BCUT2D eigenvalue weighted by atomic mass is 16.5. The van der Waals surface area contributed by atoms with Gasteiger partial charge in [-0.25, -0.2) is 4.79 Å². The molecule has 1 saturated heterocycles. The standard InChI is InChI=1S/C21H21NO5/c1-26-18-8-3-6-16(12-18)19(23)14-27-21(25)17-7-2-5-15(11-17)13-22-10-4-9-20(22)24/h2-3,5-8,11-12H,4,9-10,13-14H2,1H3. The predicted octanol–water partition coefficient (Wildman–Crippen LogP) is 2.86. The average Bonchev–Trinajstić information content (AvgIpc) is 3.10. The van der Waals surface area contributed by atoms with Crippen LogP contribution in [-0.4, -0.2) is 42.8 Å². The molecule has 140 valence electrons. The summed E-state index contributed by atoms with van der Waals surface area (Å²) in [4.78, 5) is 38.0. The van der Waals surface area contributed by atoms with Crippen LogP contribution in [0.15, 0.2) is 48.5 Å². The molecular formula is C21H21NO5. The summed E-state index contributed by atoms with van der Waals surface area (Å²) in [6.07, 6.45) is 1.45. The van der Waals surface area contributed by atoms with Crippen molar-refractivity contribution >= 4 is 17.7 Å². The molecule has 1 heterocycles. The van der Waals surface area contributed by atoms with Gasteiger partial charge >= 0.3 is 5.97 Å². The molecule has 3 rings (SSSR count). The van der Waals surface area contributed by atoms with Crippen LogP contribution in [0.4, 0.5) is 0 Å². The molecule has 6 heteroatoms. The molecule has 2 aromatic carbocycles. The number of benzene rings is 2. The maximum absolute atomic E-state index is 12.3. The van der Waals surface area contributed by atoms with E-state index in [1.165, 1.54) is 7.11 Å². The quantitative estimate of drug-likeness (QED) is 0.556. The van der Waals surface area contributed by atoms with Gasteiger partial charge in [-0.15, -0.1) is 0 Å². The van der Waals surface area contributed by atoms with Gasteiger partial charge in [-0.3, -0.25) is 9.59 Å². The minimum atomic E-state index is -0.569. The predicted molar refractivity (Wildman–Crippen MR) is 98.7 cm³/mol. The van der Waals surface area contributed by atoms with Gasteiger partial charge in [0.2, 0.25) is 5.91 Å². The first-order chi connectivity index (χ1) is 13.1. The summed E-state index contributed by atoms with van der Waals surface area (Å²) in [5, 5.41) is 0. The Morgan fingerprint density at radius 1 is 1.07 bits per heavy atom. The lowest BCUT2D eigenvalue weighted by atomic mass is 10.1. The third-order valence-corrected chi connectivity index (χ3v) is 4.43. The van der Waals surface area contributed by atoms with E-state index in [1.807, 2.05) is 6.07 Å². The van der Waals surface area contributed by atoms with Crippen LogP contribution in [0.1, 0.15) is 39.1 Å². The zero-order valence-corrected chi connectivity index (χ0v) is 15.1. The third kappa shape index (κ3) is 4.73. The maximum Gasteiger partial charge on any atom is 0.338 e. The second-order valence-corrected chi connectivity index (χ2v) is 6.35. The topological polar surface area (TPSA) is 72.9 Å². The van der Waals surface area contributed by atoms with Crippen LogP contribution in [-0.2, 0) is 16.1 Å². The van der Waals surface area contributed by atoms with Gasteiger partial charge in [-0.05, 0) is 36.2 Å². The number of likely N-dealkylation sites (tertiary alicyclic amines) is 1. The Morgan fingerprint density at radius 2 is 1.85 bits per heavy atom. The number of carbonyl (C=O) groups is 3. The Hall–Kier alpha value is -3.15. The van der Waals surface area contributed by atoms with E-state index in [1.54, 1.807) is 47.4 Å². The number of esters is 1. The smallest absolute Gasteiger partial charge is 0.338 e. The maximum atomic E-state index is 12.3. The minimum absolute atomic E-state index is 0.131. The van der Waals surface area contributed by atoms with Crippen molar-refractivity contribution in [2.75, 3.05) is 20.3 Å². The molecule has 1 amide bonds. The molecule has 0 bridgehead atoms. The monoisotopic (exact) mass is 367 g/mol. The van der Waals surface area contributed by atoms with Gasteiger partial charge in [-0.1, -0.05) is 24.3 Å². The van der Waals surface area contributed by atoms with E-state index in [2.05, 4.69) is 0 Å². The Kier molecular flexibility index (Phi) is 5.86. The van der Waals surface area contributed by atoms with Crippen molar-refractivity contribution in [3.63, 3.8) is 0 Å². The van der Waals surface area contributed by atoms with Crippen LogP contribution in [0.25, 0.3) is 0 Å².